The van der Waals surface area contributed by atoms with E-state index in [4.69, 9.17) is 10.5 Å². The van der Waals surface area contributed by atoms with Gasteiger partial charge in [0.15, 0.2) is 0 Å². The molecule has 1 aromatic heterocycles. The number of nitrogens with zero attached hydrogens (tertiary/aromatic N) is 3. The van der Waals surface area contributed by atoms with Crippen LogP contribution in [0.15, 0.2) is 24.3 Å². The van der Waals surface area contributed by atoms with Crippen molar-refractivity contribution in [1.29, 1.82) is 0 Å². The molecule has 0 saturated carbocycles. The highest BCUT2D eigenvalue weighted by molar-refractivity contribution is 5.77. The summed E-state index contributed by atoms with van der Waals surface area (Å²) >= 11 is 0. The van der Waals surface area contributed by atoms with Crippen LogP contribution in [0.25, 0.3) is 11.1 Å². The second-order valence-corrected chi connectivity index (χ2v) is 4.80. The standard InChI is InChI=1S/C14H20N4O/c1-17(2)9-12-13(14(15)18(3)16-12)10-6-5-7-11(8-10)19-4/h5-8H,9,15H2,1-4H3. The number of benzene rings is 1. The molecule has 1 heterocycles. The van der Waals surface area contributed by atoms with E-state index in [-0.39, 0.29) is 0 Å². The molecule has 0 aliphatic carbocycles. The topological polar surface area (TPSA) is 56.3 Å². The zero-order chi connectivity index (χ0) is 14.0. The van der Waals surface area contributed by atoms with Crippen LogP contribution in [-0.2, 0) is 13.6 Å². The summed E-state index contributed by atoms with van der Waals surface area (Å²) in [6, 6.07) is 7.88. The maximum atomic E-state index is 6.14. The molecule has 0 aliphatic heterocycles. The van der Waals surface area contributed by atoms with E-state index in [1.807, 2.05) is 45.4 Å². The highest BCUT2D eigenvalue weighted by Gasteiger charge is 2.16. The minimum Gasteiger partial charge on any atom is -0.497 e. The fourth-order valence-corrected chi connectivity index (χ4v) is 2.10. The molecule has 2 rings (SSSR count). The number of aromatic nitrogens is 2. The van der Waals surface area contributed by atoms with Crippen LogP contribution in [0, 0.1) is 0 Å². The highest BCUT2D eigenvalue weighted by atomic mass is 16.5. The molecule has 5 nitrogen and oxygen atoms in total. The molecule has 0 aliphatic rings. The highest BCUT2D eigenvalue weighted by Crippen LogP contribution is 2.31. The van der Waals surface area contributed by atoms with Gasteiger partial charge in [-0.1, -0.05) is 12.1 Å². The molecular weight excluding hydrogens is 240 g/mol. The van der Waals surface area contributed by atoms with Crippen LogP contribution in [0.3, 0.4) is 0 Å². The summed E-state index contributed by atoms with van der Waals surface area (Å²) < 4.78 is 6.98. The van der Waals surface area contributed by atoms with Gasteiger partial charge in [-0.05, 0) is 31.8 Å². The van der Waals surface area contributed by atoms with Gasteiger partial charge in [0.2, 0.25) is 0 Å². The Morgan fingerprint density at radius 1 is 1.37 bits per heavy atom. The number of nitrogens with two attached hydrogens (primary N) is 1. The van der Waals surface area contributed by atoms with Gasteiger partial charge < -0.3 is 15.4 Å². The number of hydrogen-bond acceptors (Lipinski definition) is 4. The van der Waals surface area contributed by atoms with Gasteiger partial charge >= 0.3 is 0 Å². The van der Waals surface area contributed by atoms with Crippen molar-refractivity contribution < 1.29 is 4.74 Å². The monoisotopic (exact) mass is 260 g/mol. The first-order valence-corrected chi connectivity index (χ1v) is 6.13. The largest absolute Gasteiger partial charge is 0.497 e. The molecule has 0 radical (unpaired) electrons. The Bertz CT molecular complexity index is 575. The summed E-state index contributed by atoms with van der Waals surface area (Å²) in [7, 11) is 7.55. The summed E-state index contributed by atoms with van der Waals surface area (Å²) in [6.07, 6.45) is 0. The van der Waals surface area contributed by atoms with Crippen LogP contribution in [0.1, 0.15) is 5.69 Å². The molecule has 19 heavy (non-hydrogen) atoms. The molecule has 0 bridgehead atoms. The third-order valence-electron chi connectivity index (χ3n) is 2.99. The van der Waals surface area contributed by atoms with E-state index in [1.165, 1.54) is 0 Å². The van der Waals surface area contributed by atoms with Crippen LogP contribution < -0.4 is 10.5 Å². The van der Waals surface area contributed by atoms with Crippen LogP contribution in [0.2, 0.25) is 0 Å². The van der Waals surface area contributed by atoms with E-state index in [2.05, 4.69) is 10.00 Å². The summed E-state index contributed by atoms with van der Waals surface area (Å²) in [6.45, 7) is 0.748. The van der Waals surface area contributed by atoms with E-state index in [0.717, 1.165) is 29.1 Å². The number of ether oxygens (including phenoxy) is 1. The lowest BCUT2D eigenvalue weighted by Gasteiger charge is -2.10. The van der Waals surface area contributed by atoms with Gasteiger partial charge in [-0.2, -0.15) is 5.10 Å². The van der Waals surface area contributed by atoms with Crippen LogP contribution >= 0.6 is 0 Å². The molecule has 5 heteroatoms. The molecule has 102 valence electrons. The molecule has 2 aromatic rings. The Morgan fingerprint density at radius 3 is 2.74 bits per heavy atom. The predicted molar refractivity (Wildman–Crippen MR) is 77.0 cm³/mol. The SMILES string of the molecule is COc1cccc(-c2c(CN(C)C)nn(C)c2N)c1. The Balaban J connectivity index is 2.53. The lowest BCUT2D eigenvalue weighted by atomic mass is 10.0. The zero-order valence-corrected chi connectivity index (χ0v) is 11.8. The smallest absolute Gasteiger partial charge is 0.129 e. The van der Waals surface area contributed by atoms with Gasteiger partial charge in [0.05, 0.1) is 12.8 Å². The number of nitrogen functional groups attached to an aromatic ring is 1. The van der Waals surface area contributed by atoms with Crippen molar-refractivity contribution in [2.75, 3.05) is 26.9 Å². The number of hydrogen-bond donors (Lipinski definition) is 1. The summed E-state index contributed by atoms with van der Waals surface area (Å²) in [5.74, 6) is 1.49. The van der Waals surface area contributed by atoms with Gasteiger partial charge in [-0.3, -0.25) is 4.68 Å². The van der Waals surface area contributed by atoms with Crippen molar-refractivity contribution in [3.63, 3.8) is 0 Å². The molecular formula is C14H20N4O. The average molecular weight is 260 g/mol. The number of anilines is 1. The summed E-state index contributed by atoms with van der Waals surface area (Å²) in [5, 5.41) is 4.49. The predicted octanol–water partition coefficient (Wildman–Crippen LogP) is 1.74. The molecule has 0 amide bonds. The summed E-state index contributed by atoms with van der Waals surface area (Å²) in [4.78, 5) is 2.07. The molecule has 0 fully saturated rings. The molecule has 2 N–H and O–H groups in total. The fourth-order valence-electron chi connectivity index (χ4n) is 2.10. The first kappa shape index (κ1) is 13.4. The Labute approximate surface area is 113 Å². The molecule has 1 aromatic carbocycles. The second kappa shape index (κ2) is 5.32. The third-order valence-corrected chi connectivity index (χ3v) is 2.99. The number of aryl methyl sites for hydroxylation is 1. The molecule has 0 atom stereocenters. The Hall–Kier alpha value is -2.01. The zero-order valence-electron chi connectivity index (χ0n) is 11.8. The van der Waals surface area contributed by atoms with E-state index in [1.54, 1.807) is 11.8 Å². The molecule has 0 saturated heterocycles. The van der Waals surface area contributed by atoms with Crippen molar-refractivity contribution in [3.8, 4) is 16.9 Å². The number of methoxy groups -OCH3 is 1. The summed E-state index contributed by atoms with van der Waals surface area (Å²) in [5.41, 5.74) is 9.13. The molecule has 0 spiro atoms. The lowest BCUT2D eigenvalue weighted by molar-refractivity contribution is 0.395. The van der Waals surface area contributed by atoms with Crippen molar-refractivity contribution in [2.24, 2.45) is 7.05 Å². The van der Waals surface area contributed by atoms with Crippen molar-refractivity contribution >= 4 is 5.82 Å². The minimum absolute atomic E-state index is 0.671. The minimum atomic E-state index is 0.671. The van der Waals surface area contributed by atoms with Crippen molar-refractivity contribution in [2.45, 2.75) is 6.54 Å². The first-order chi connectivity index (χ1) is 9.02. The van der Waals surface area contributed by atoms with Crippen LogP contribution in [0.4, 0.5) is 5.82 Å². The Kier molecular flexibility index (Phi) is 3.76. The van der Waals surface area contributed by atoms with Crippen LogP contribution in [0.5, 0.6) is 5.75 Å². The first-order valence-electron chi connectivity index (χ1n) is 6.13. The van der Waals surface area contributed by atoms with Gasteiger partial charge in [-0.25, -0.2) is 0 Å². The van der Waals surface area contributed by atoms with Gasteiger partial charge in [0, 0.05) is 19.2 Å². The maximum Gasteiger partial charge on any atom is 0.129 e. The van der Waals surface area contributed by atoms with E-state index >= 15 is 0 Å². The lowest BCUT2D eigenvalue weighted by Crippen LogP contribution is -2.12. The van der Waals surface area contributed by atoms with Gasteiger partial charge in [-0.15, -0.1) is 0 Å². The van der Waals surface area contributed by atoms with E-state index in [0.29, 0.717) is 5.82 Å². The van der Waals surface area contributed by atoms with E-state index < -0.39 is 0 Å². The molecule has 0 unspecified atom stereocenters. The third kappa shape index (κ3) is 2.71. The quantitative estimate of drug-likeness (QED) is 0.909. The van der Waals surface area contributed by atoms with Crippen LogP contribution in [-0.4, -0.2) is 35.9 Å². The maximum absolute atomic E-state index is 6.14. The average Bonchev–Trinajstić information content (AvgIpc) is 2.64. The van der Waals surface area contributed by atoms with E-state index in [9.17, 15) is 0 Å². The number of rotatable bonds is 4. The second-order valence-electron chi connectivity index (χ2n) is 4.80. The van der Waals surface area contributed by atoms with Gasteiger partial charge in [0.25, 0.3) is 0 Å². The Morgan fingerprint density at radius 2 is 2.11 bits per heavy atom. The fraction of sp³-hybridized carbons (Fsp3) is 0.357. The normalized spacial score (nSPS) is 11.0. The van der Waals surface area contributed by atoms with Gasteiger partial charge in [0.1, 0.15) is 11.6 Å². The van der Waals surface area contributed by atoms with Crippen molar-refractivity contribution in [1.82, 2.24) is 14.7 Å². The van der Waals surface area contributed by atoms with Crippen molar-refractivity contribution in [3.05, 3.63) is 30.0 Å².